The number of amides is 2. The number of carbonyl (C=O) groups excluding carboxylic acids is 2. The second-order valence-corrected chi connectivity index (χ2v) is 7.17. The second-order valence-electron chi connectivity index (χ2n) is 7.17. The van der Waals surface area contributed by atoms with Crippen LogP contribution < -0.4 is 10.6 Å². The molecule has 1 saturated carbocycles. The fourth-order valence-corrected chi connectivity index (χ4v) is 3.69. The van der Waals surface area contributed by atoms with Crippen LogP contribution in [0.25, 0.3) is 0 Å². The maximum atomic E-state index is 12.3. The van der Waals surface area contributed by atoms with Gasteiger partial charge in [-0.1, -0.05) is 0 Å². The Bertz CT molecular complexity index is 586. The van der Waals surface area contributed by atoms with Crippen molar-refractivity contribution in [2.24, 2.45) is 11.8 Å². The molecule has 0 unspecified atom stereocenters. The van der Waals surface area contributed by atoms with Gasteiger partial charge in [-0.3, -0.25) is 9.59 Å². The van der Waals surface area contributed by atoms with Gasteiger partial charge in [-0.25, -0.2) is 4.98 Å². The van der Waals surface area contributed by atoms with Crippen molar-refractivity contribution in [1.29, 1.82) is 0 Å². The molecule has 3 rings (SSSR count). The molecule has 0 radical (unpaired) electrons. The Morgan fingerprint density at radius 3 is 2.77 bits per heavy atom. The van der Waals surface area contributed by atoms with Gasteiger partial charge in [-0.05, 0) is 32.1 Å². The van der Waals surface area contributed by atoms with Crippen LogP contribution in [-0.4, -0.2) is 58.8 Å². The summed E-state index contributed by atoms with van der Waals surface area (Å²) >= 11 is 0. The molecule has 1 saturated heterocycles. The maximum absolute atomic E-state index is 12.3. The zero-order chi connectivity index (χ0) is 18.4. The van der Waals surface area contributed by atoms with Crippen molar-refractivity contribution in [2.45, 2.75) is 50.7 Å². The molecule has 1 aromatic heterocycles. The van der Waals surface area contributed by atoms with E-state index in [4.69, 9.17) is 4.74 Å². The highest BCUT2D eigenvalue weighted by atomic mass is 16.5. The molecule has 2 fully saturated rings. The van der Waals surface area contributed by atoms with E-state index in [-0.39, 0.29) is 29.7 Å². The molecule has 0 aromatic carbocycles. The van der Waals surface area contributed by atoms with Crippen molar-refractivity contribution >= 4 is 11.8 Å². The van der Waals surface area contributed by atoms with Crippen LogP contribution in [0.2, 0.25) is 0 Å². The molecule has 4 N–H and O–H groups in total. The quantitative estimate of drug-likeness (QED) is 0.514. The van der Waals surface area contributed by atoms with Gasteiger partial charge in [0.05, 0.1) is 12.1 Å². The number of nitrogens with zero attached hydrogens (tertiary/aromatic N) is 1. The molecular formula is C18H28N4O4. The van der Waals surface area contributed by atoms with Gasteiger partial charge in [0.25, 0.3) is 0 Å². The molecule has 1 aliphatic heterocycles. The van der Waals surface area contributed by atoms with Crippen molar-refractivity contribution in [3.05, 3.63) is 18.2 Å². The number of hydrogen-bond acceptors (Lipinski definition) is 5. The van der Waals surface area contributed by atoms with E-state index < -0.39 is 6.10 Å². The van der Waals surface area contributed by atoms with E-state index in [1.54, 1.807) is 12.4 Å². The molecule has 8 nitrogen and oxygen atoms in total. The van der Waals surface area contributed by atoms with Crippen LogP contribution >= 0.6 is 0 Å². The maximum Gasteiger partial charge on any atom is 0.223 e. The first-order chi connectivity index (χ1) is 12.6. The number of ether oxygens (including phenoxy) is 1. The van der Waals surface area contributed by atoms with Gasteiger partial charge >= 0.3 is 0 Å². The number of hydrogen-bond donors (Lipinski definition) is 4. The monoisotopic (exact) mass is 364 g/mol. The Labute approximate surface area is 153 Å². The Kier molecular flexibility index (Phi) is 6.62. The summed E-state index contributed by atoms with van der Waals surface area (Å²) in [6.07, 6.45) is 6.72. The Morgan fingerprint density at radius 2 is 2.04 bits per heavy atom. The standard InChI is InChI=1S/C18H28N4O4/c23-15-11-13(17(24)21-5-1-2-16-19-6-7-20-16)10-14(15)22-18(25)12-3-8-26-9-4-12/h6-7,12-15,23H,1-5,8-11H2,(H,19,20)(H,21,24)(H,22,25)/t13-,14+,15+/m0/s1. The number of aliphatic hydroxyl groups is 1. The lowest BCUT2D eigenvalue weighted by Gasteiger charge is -2.24. The first-order valence-corrected chi connectivity index (χ1v) is 9.45. The van der Waals surface area contributed by atoms with Crippen LogP contribution in [-0.2, 0) is 20.7 Å². The summed E-state index contributed by atoms with van der Waals surface area (Å²) in [5.41, 5.74) is 0. The number of imidazole rings is 1. The van der Waals surface area contributed by atoms with Gasteiger partial charge in [0.2, 0.25) is 11.8 Å². The first-order valence-electron chi connectivity index (χ1n) is 9.45. The summed E-state index contributed by atoms with van der Waals surface area (Å²) in [4.78, 5) is 31.8. The van der Waals surface area contributed by atoms with Gasteiger partial charge in [-0.15, -0.1) is 0 Å². The number of carbonyl (C=O) groups is 2. The lowest BCUT2D eigenvalue weighted by atomic mass is 9.98. The Morgan fingerprint density at radius 1 is 1.23 bits per heavy atom. The average Bonchev–Trinajstić information content (AvgIpc) is 3.29. The second kappa shape index (κ2) is 9.14. The van der Waals surface area contributed by atoms with Crippen LogP contribution in [0.1, 0.15) is 37.9 Å². The number of aromatic amines is 1. The fourth-order valence-electron chi connectivity index (χ4n) is 3.69. The number of aryl methyl sites for hydroxylation is 1. The van der Waals surface area contributed by atoms with Gasteiger partial charge in [0, 0.05) is 50.4 Å². The van der Waals surface area contributed by atoms with Crippen LogP contribution in [0.5, 0.6) is 0 Å². The van der Waals surface area contributed by atoms with Crippen molar-refractivity contribution in [2.75, 3.05) is 19.8 Å². The van der Waals surface area contributed by atoms with E-state index in [1.165, 1.54) is 0 Å². The molecule has 0 spiro atoms. The van der Waals surface area contributed by atoms with Gasteiger partial charge < -0.3 is 25.5 Å². The van der Waals surface area contributed by atoms with Crippen molar-refractivity contribution < 1.29 is 19.4 Å². The Hall–Kier alpha value is -1.93. The lowest BCUT2D eigenvalue weighted by Crippen LogP contribution is -2.44. The number of rotatable bonds is 7. The molecule has 3 atom stereocenters. The normalized spacial score (nSPS) is 26.6. The summed E-state index contributed by atoms with van der Waals surface area (Å²) in [5.74, 6) is 0.522. The molecule has 1 aliphatic carbocycles. The van der Waals surface area contributed by atoms with E-state index in [1.807, 2.05) is 0 Å². The minimum absolute atomic E-state index is 0.0307. The first kappa shape index (κ1) is 18.8. The van der Waals surface area contributed by atoms with E-state index in [0.29, 0.717) is 45.4 Å². The predicted molar refractivity (Wildman–Crippen MR) is 94.1 cm³/mol. The van der Waals surface area contributed by atoms with Crippen molar-refractivity contribution in [1.82, 2.24) is 20.6 Å². The molecule has 144 valence electrons. The molecular weight excluding hydrogens is 336 g/mol. The van der Waals surface area contributed by atoms with Crippen LogP contribution in [0.3, 0.4) is 0 Å². The minimum atomic E-state index is -0.669. The summed E-state index contributed by atoms with van der Waals surface area (Å²) < 4.78 is 5.27. The third-order valence-electron chi connectivity index (χ3n) is 5.26. The van der Waals surface area contributed by atoms with E-state index in [2.05, 4.69) is 20.6 Å². The highest BCUT2D eigenvalue weighted by Crippen LogP contribution is 2.27. The highest BCUT2D eigenvalue weighted by molar-refractivity contribution is 5.81. The molecule has 8 heteroatoms. The number of aliphatic hydroxyl groups excluding tert-OH is 1. The smallest absolute Gasteiger partial charge is 0.223 e. The fraction of sp³-hybridized carbons (Fsp3) is 0.722. The number of nitrogens with one attached hydrogen (secondary N) is 3. The van der Waals surface area contributed by atoms with E-state index in [0.717, 1.165) is 18.7 Å². The van der Waals surface area contributed by atoms with Gasteiger partial charge in [-0.2, -0.15) is 0 Å². The highest BCUT2D eigenvalue weighted by Gasteiger charge is 2.38. The van der Waals surface area contributed by atoms with Crippen molar-refractivity contribution in [3.63, 3.8) is 0 Å². The summed E-state index contributed by atoms with van der Waals surface area (Å²) in [6.45, 7) is 1.79. The van der Waals surface area contributed by atoms with Gasteiger partial charge in [0.1, 0.15) is 5.82 Å². The van der Waals surface area contributed by atoms with Crippen LogP contribution in [0.15, 0.2) is 12.4 Å². The van der Waals surface area contributed by atoms with Crippen molar-refractivity contribution in [3.8, 4) is 0 Å². The molecule has 2 amide bonds. The van der Waals surface area contributed by atoms with Crippen LogP contribution in [0, 0.1) is 11.8 Å². The molecule has 2 aliphatic rings. The Balaban J connectivity index is 1.38. The largest absolute Gasteiger partial charge is 0.391 e. The third kappa shape index (κ3) is 5.04. The topological polar surface area (TPSA) is 116 Å². The SMILES string of the molecule is O=C(N[C@@H]1C[C@H](C(=O)NCCCc2ncc[nH]2)C[C@H]1O)C1CCOCC1. The molecule has 0 bridgehead atoms. The van der Waals surface area contributed by atoms with E-state index in [9.17, 15) is 14.7 Å². The minimum Gasteiger partial charge on any atom is -0.391 e. The summed E-state index contributed by atoms with van der Waals surface area (Å²) in [7, 11) is 0. The van der Waals surface area contributed by atoms with Gasteiger partial charge in [0.15, 0.2) is 0 Å². The zero-order valence-corrected chi connectivity index (χ0v) is 14.9. The molecule has 2 heterocycles. The molecule has 1 aromatic rings. The average molecular weight is 364 g/mol. The number of aromatic nitrogens is 2. The number of H-pyrrole nitrogens is 1. The third-order valence-corrected chi connectivity index (χ3v) is 5.26. The van der Waals surface area contributed by atoms with Crippen LogP contribution in [0.4, 0.5) is 0 Å². The molecule has 26 heavy (non-hydrogen) atoms. The van der Waals surface area contributed by atoms with E-state index >= 15 is 0 Å². The summed E-state index contributed by atoms with van der Waals surface area (Å²) in [6, 6.07) is -0.343. The lowest BCUT2D eigenvalue weighted by molar-refractivity contribution is -0.129. The summed E-state index contributed by atoms with van der Waals surface area (Å²) in [5, 5.41) is 16.1. The predicted octanol–water partition coefficient (Wildman–Crippen LogP) is 0.141. The zero-order valence-electron chi connectivity index (χ0n) is 14.9.